The molecule has 0 heterocycles. The van der Waals surface area contributed by atoms with Gasteiger partial charge in [0.1, 0.15) is 5.82 Å². The van der Waals surface area contributed by atoms with Gasteiger partial charge in [-0.1, -0.05) is 36.4 Å². The van der Waals surface area contributed by atoms with Crippen molar-refractivity contribution in [2.75, 3.05) is 18.5 Å². The summed E-state index contributed by atoms with van der Waals surface area (Å²) in [6.07, 6.45) is 0.892. The Hall–Kier alpha value is -1.87. The average Bonchev–Trinajstić information content (AvgIpc) is 2.45. The molecule has 0 atom stereocenters. The summed E-state index contributed by atoms with van der Waals surface area (Å²) in [5.74, 6) is -0.204. The molecule has 2 rings (SSSR count). The van der Waals surface area contributed by atoms with Gasteiger partial charge in [0.05, 0.1) is 6.61 Å². The van der Waals surface area contributed by atoms with E-state index in [1.54, 1.807) is 12.1 Å². The molecular formula is C16H18FNO. The van der Waals surface area contributed by atoms with Gasteiger partial charge in [-0.15, -0.1) is 0 Å². The van der Waals surface area contributed by atoms with Gasteiger partial charge < -0.3 is 10.1 Å². The second-order valence-electron chi connectivity index (χ2n) is 4.29. The van der Waals surface area contributed by atoms with E-state index in [0.717, 1.165) is 18.7 Å². The molecule has 0 aliphatic heterocycles. The van der Waals surface area contributed by atoms with Gasteiger partial charge in [-0.25, -0.2) is 4.39 Å². The molecule has 0 aromatic heterocycles. The van der Waals surface area contributed by atoms with Gasteiger partial charge in [0.25, 0.3) is 0 Å². The van der Waals surface area contributed by atoms with Gasteiger partial charge in [-0.05, 0) is 24.6 Å². The van der Waals surface area contributed by atoms with Crippen LogP contribution in [0.25, 0.3) is 0 Å². The lowest BCUT2D eigenvalue weighted by Gasteiger charge is -2.07. The van der Waals surface area contributed by atoms with Gasteiger partial charge in [-0.3, -0.25) is 0 Å². The van der Waals surface area contributed by atoms with E-state index >= 15 is 0 Å². The lowest BCUT2D eigenvalue weighted by Crippen LogP contribution is -2.06. The van der Waals surface area contributed by atoms with Crippen LogP contribution in [0, 0.1) is 5.82 Å². The first-order valence-corrected chi connectivity index (χ1v) is 6.46. The fourth-order valence-corrected chi connectivity index (χ4v) is 1.76. The van der Waals surface area contributed by atoms with Crippen molar-refractivity contribution in [3.63, 3.8) is 0 Å². The predicted molar refractivity (Wildman–Crippen MR) is 75.6 cm³/mol. The number of nitrogens with one attached hydrogen (secondary N) is 1. The van der Waals surface area contributed by atoms with Crippen molar-refractivity contribution in [1.29, 1.82) is 0 Å². The van der Waals surface area contributed by atoms with E-state index in [0.29, 0.717) is 18.8 Å². The molecule has 2 aromatic carbocycles. The van der Waals surface area contributed by atoms with Crippen molar-refractivity contribution >= 4 is 5.69 Å². The summed E-state index contributed by atoms with van der Waals surface area (Å²) in [6.45, 7) is 1.80. The van der Waals surface area contributed by atoms with Crippen LogP contribution in [0.4, 0.5) is 10.1 Å². The molecule has 100 valence electrons. The van der Waals surface area contributed by atoms with Crippen LogP contribution in [0.1, 0.15) is 12.0 Å². The molecule has 0 fully saturated rings. The SMILES string of the molecule is Fc1ccccc1COCCCNc1ccccc1. The minimum absolute atomic E-state index is 0.204. The van der Waals surface area contributed by atoms with Crippen LogP contribution in [0.2, 0.25) is 0 Å². The van der Waals surface area contributed by atoms with Gasteiger partial charge in [0.15, 0.2) is 0 Å². The van der Waals surface area contributed by atoms with Crippen molar-refractivity contribution in [3.8, 4) is 0 Å². The van der Waals surface area contributed by atoms with Crippen molar-refractivity contribution < 1.29 is 9.13 Å². The first kappa shape index (κ1) is 13.6. The molecule has 1 N–H and O–H groups in total. The molecule has 0 aliphatic carbocycles. The van der Waals surface area contributed by atoms with Crippen molar-refractivity contribution in [3.05, 3.63) is 66.0 Å². The number of rotatable bonds is 7. The number of ether oxygens (including phenoxy) is 1. The zero-order valence-electron chi connectivity index (χ0n) is 10.8. The van der Waals surface area contributed by atoms with Crippen LogP contribution < -0.4 is 5.32 Å². The van der Waals surface area contributed by atoms with Gasteiger partial charge >= 0.3 is 0 Å². The van der Waals surface area contributed by atoms with E-state index in [-0.39, 0.29) is 5.82 Å². The molecule has 0 radical (unpaired) electrons. The Labute approximate surface area is 113 Å². The topological polar surface area (TPSA) is 21.3 Å². The maximum absolute atomic E-state index is 13.3. The van der Waals surface area contributed by atoms with Crippen LogP contribution in [-0.4, -0.2) is 13.2 Å². The third-order valence-electron chi connectivity index (χ3n) is 2.78. The summed E-state index contributed by atoms with van der Waals surface area (Å²) in [5.41, 5.74) is 1.72. The normalized spacial score (nSPS) is 10.4. The molecule has 0 aliphatic rings. The van der Waals surface area contributed by atoms with Gasteiger partial charge in [0.2, 0.25) is 0 Å². The highest BCUT2D eigenvalue weighted by Crippen LogP contribution is 2.08. The number of hydrogen-bond donors (Lipinski definition) is 1. The quantitative estimate of drug-likeness (QED) is 0.763. The molecule has 19 heavy (non-hydrogen) atoms. The molecule has 2 aromatic rings. The minimum atomic E-state index is -0.204. The standard InChI is InChI=1S/C16H18FNO/c17-16-10-5-4-7-14(16)13-19-12-6-11-18-15-8-2-1-3-9-15/h1-5,7-10,18H,6,11-13H2. The number of halogens is 1. The number of benzene rings is 2. The third-order valence-corrected chi connectivity index (χ3v) is 2.78. The number of anilines is 1. The predicted octanol–water partition coefficient (Wildman–Crippen LogP) is 3.84. The van der Waals surface area contributed by atoms with Gasteiger partial charge in [0, 0.05) is 24.4 Å². The second kappa shape index (κ2) is 7.54. The summed E-state index contributed by atoms with van der Waals surface area (Å²) >= 11 is 0. The van der Waals surface area contributed by atoms with E-state index in [4.69, 9.17) is 4.74 Å². The van der Waals surface area contributed by atoms with Crippen molar-refractivity contribution in [2.24, 2.45) is 0 Å². The molecule has 0 saturated carbocycles. The zero-order chi connectivity index (χ0) is 13.3. The van der Waals surface area contributed by atoms with Crippen molar-refractivity contribution in [2.45, 2.75) is 13.0 Å². The zero-order valence-corrected chi connectivity index (χ0v) is 10.8. The lowest BCUT2D eigenvalue weighted by atomic mass is 10.2. The Morgan fingerprint density at radius 2 is 1.68 bits per heavy atom. The molecule has 0 unspecified atom stereocenters. The second-order valence-corrected chi connectivity index (χ2v) is 4.29. The highest BCUT2D eigenvalue weighted by atomic mass is 19.1. The Kier molecular flexibility index (Phi) is 5.38. The Morgan fingerprint density at radius 3 is 2.47 bits per heavy atom. The Bertz CT molecular complexity index is 487. The van der Waals surface area contributed by atoms with E-state index < -0.39 is 0 Å². The van der Waals surface area contributed by atoms with Crippen LogP contribution in [0.5, 0.6) is 0 Å². The molecule has 2 nitrogen and oxygen atoms in total. The maximum atomic E-state index is 13.3. The minimum Gasteiger partial charge on any atom is -0.385 e. The van der Waals surface area contributed by atoms with Crippen LogP contribution in [0.15, 0.2) is 54.6 Å². The third kappa shape index (κ3) is 4.72. The lowest BCUT2D eigenvalue weighted by molar-refractivity contribution is 0.118. The molecular weight excluding hydrogens is 241 g/mol. The van der Waals surface area contributed by atoms with E-state index in [1.165, 1.54) is 6.07 Å². The summed E-state index contributed by atoms with van der Waals surface area (Å²) < 4.78 is 18.8. The molecule has 3 heteroatoms. The van der Waals surface area contributed by atoms with E-state index in [2.05, 4.69) is 5.32 Å². The molecule has 0 bridgehead atoms. The fourth-order valence-electron chi connectivity index (χ4n) is 1.76. The maximum Gasteiger partial charge on any atom is 0.128 e. The van der Waals surface area contributed by atoms with E-state index in [1.807, 2.05) is 36.4 Å². The first-order valence-electron chi connectivity index (χ1n) is 6.46. The summed E-state index contributed by atoms with van der Waals surface area (Å²) in [7, 11) is 0. The van der Waals surface area contributed by atoms with Crippen LogP contribution in [0.3, 0.4) is 0 Å². The van der Waals surface area contributed by atoms with Crippen LogP contribution >= 0.6 is 0 Å². The largest absolute Gasteiger partial charge is 0.385 e. The summed E-state index contributed by atoms with van der Waals surface area (Å²) in [4.78, 5) is 0. The molecule has 0 saturated heterocycles. The monoisotopic (exact) mass is 259 g/mol. The number of hydrogen-bond acceptors (Lipinski definition) is 2. The summed E-state index contributed by atoms with van der Waals surface area (Å²) in [5, 5.41) is 3.30. The molecule has 0 amide bonds. The van der Waals surface area contributed by atoms with E-state index in [9.17, 15) is 4.39 Å². The Morgan fingerprint density at radius 1 is 0.947 bits per heavy atom. The smallest absolute Gasteiger partial charge is 0.128 e. The van der Waals surface area contributed by atoms with Crippen LogP contribution in [-0.2, 0) is 11.3 Å². The highest BCUT2D eigenvalue weighted by molar-refractivity contribution is 5.42. The Balaban J connectivity index is 1.59. The average molecular weight is 259 g/mol. The molecule has 0 spiro atoms. The fraction of sp³-hybridized carbons (Fsp3) is 0.250. The highest BCUT2D eigenvalue weighted by Gasteiger charge is 1.99. The van der Waals surface area contributed by atoms with Crippen molar-refractivity contribution in [1.82, 2.24) is 0 Å². The van der Waals surface area contributed by atoms with Gasteiger partial charge in [-0.2, -0.15) is 0 Å². The number of para-hydroxylation sites is 1. The summed E-state index contributed by atoms with van der Waals surface area (Å²) in [6, 6.07) is 16.7. The first-order chi connectivity index (χ1) is 9.36.